The van der Waals surface area contributed by atoms with Crippen LogP contribution in [0.3, 0.4) is 0 Å². The highest BCUT2D eigenvalue weighted by molar-refractivity contribution is 6.07. The Hall–Kier alpha value is -2.08. The van der Waals surface area contributed by atoms with E-state index in [1.807, 2.05) is 31.2 Å². The maximum absolute atomic E-state index is 13.4. The minimum Gasteiger partial charge on any atom is -0.398 e. The summed E-state index contributed by atoms with van der Waals surface area (Å²) in [5.41, 5.74) is 11.6. The van der Waals surface area contributed by atoms with Gasteiger partial charge in [-0.25, -0.2) is 8.78 Å². The van der Waals surface area contributed by atoms with Crippen LogP contribution in [-0.4, -0.2) is 42.4 Å². The lowest BCUT2D eigenvalue weighted by atomic mass is 10.0. The Balaban J connectivity index is 1.85. The summed E-state index contributed by atoms with van der Waals surface area (Å²) in [5, 5.41) is 0. The lowest BCUT2D eigenvalue weighted by Crippen LogP contribution is -2.24. The Morgan fingerprint density at radius 2 is 2.16 bits per heavy atom. The molecule has 6 heteroatoms. The van der Waals surface area contributed by atoms with Gasteiger partial charge in [-0.3, -0.25) is 14.9 Å². The molecular formula is C19H24F2N4. The molecule has 0 unspecified atom stereocenters. The van der Waals surface area contributed by atoms with Crippen LogP contribution in [0.1, 0.15) is 37.3 Å². The van der Waals surface area contributed by atoms with Crippen LogP contribution in [-0.2, 0) is 6.54 Å². The average Bonchev–Trinajstić information content (AvgIpc) is 2.78. The molecular weight excluding hydrogens is 322 g/mol. The first kappa shape index (κ1) is 17.7. The van der Waals surface area contributed by atoms with E-state index in [-0.39, 0.29) is 13.0 Å². The minimum atomic E-state index is -2.57. The topological polar surface area (TPSA) is 54.0 Å². The zero-order valence-corrected chi connectivity index (χ0v) is 14.7. The number of anilines is 1. The Bertz CT molecular complexity index is 750. The molecule has 0 radical (unpaired) electrons. The Kier molecular flexibility index (Phi) is 4.99. The first-order valence-electron chi connectivity index (χ1n) is 8.54. The third-order valence-electron chi connectivity index (χ3n) is 4.67. The molecule has 0 aromatic heterocycles. The van der Waals surface area contributed by atoms with Crippen LogP contribution in [0.25, 0.3) is 5.70 Å². The molecule has 3 rings (SSSR count). The molecule has 4 nitrogen and oxygen atoms in total. The smallest absolute Gasteiger partial charge is 0.261 e. The summed E-state index contributed by atoms with van der Waals surface area (Å²) < 4.78 is 26.8. The van der Waals surface area contributed by atoms with Crippen LogP contribution < -0.4 is 5.73 Å². The van der Waals surface area contributed by atoms with Crippen molar-refractivity contribution in [3.63, 3.8) is 0 Å². The highest BCUT2D eigenvalue weighted by Gasteiger charge is 2.37. The lowest BCUT2D eigenvalue weighted by Gasteiger charge is -2.17. The molecule has 2 N–H and O–H groups in total. The largest absolute Gasteiger partial charge is 0.398 e. The van der Waals surface area contributed by atoms with Gasteiger partial charge >= 0.3 is 0 Å². The van der Waals surface area contributed by atoms with Crippen molar-refractivity contribution < 1.29 is 8.78 Å². The summed E-state index contributed by atoms with van der Waals surface area (Å²) in [5.74, 6) is -2.57. The Morgan fingerprint density at radius 3 is 2.84 bits per heavy atom. The summed E-state index contributed by atoms with van der Waals surface area (Å²) in [6.07, 6.45) is 3.48. The van der Waals surface area contributed by atoms with Gasteiger partial charge in [-0.15, -0.1) is 0 Å². The van der Waals surface area contributed by atoms with Crippen LogP contribution in [0.2, 0.25) is 0 Å². The molecule has 0 spiro atoms. The van der Waals surface area contributed by atoms with Crippen molar-refractivity contribution in [1.82, 2.24) is 4.90 Å². The number of likely N-dealkylation sites (tertiary alicyclic amines) is 1. The molecule has 2 aliphatic rings. The first-order valence-corrected chi connectivity index (χ1v) is 8.54. The SMILES string of the molecule is CN=C1CC=C(c2cc(CN3CCC(F)(F)C3)ccc2N)N=C(C)C1. The molecule has 0 amide bonds. The number of aliphatic imine (C=N–C) groups is 2. The van der Waals surface area contributed by atoms with Gasteiger partial charge in [0, 0.05) is 62.1 Å². The molecule has 25 heavy (non-hydrogen) atoms. The molecule has 0 aliphatic carbocycles. The fourth-order valence-corrected chi connectivity index (χ4v) is 3.34. The molecule has 0 saturated carbocycles. The van der Waals surface area contributed by atoms with Crippen molar-refractivity contribution in [2.75, 3.05) is 25.9 Å². The molecule has 134 valence electrons. The number of nitrogens with zero attached hydrogens (tertiary/aromatic N) is 3. The lowest BCUT2D eigenvalue weighted by molar-refractivity contribution is 0.0115. The number of alkyl halides is 2. The van der Waals surface area contributed by atoms with Gasteiger partial charge in [-0.1, -0.05) is 12.1 Å². The number of benzene rings is 1. The van der Waals surface area contributed by atoms with Gasteiger partial charge in [0.05, 0.1) is 12.2 Å². The zero-order chi connectivity index (χ0) is 18.0. The number of hydrogen-bond acceptors (Lipinski definition) is 4. The molecule has 1 fully saturated rings. The molecule has 1 saturated heterocycles. The summed E-state index contributed by atoms with van der Waals surface area (Å²) in [4.78, 5) is 10.8. The summed E-state index contributed by atoms with van der Waals surface area (Å²) in [6.45, 7) is 2.73. The molecule has 1 aromatic carbocycles. The summed E-state index contributed by atoms with van der Waals surface area (Å²) >= 11 is 0. The highest BCUT2D eigenvalue weighted by atomic mass is 19.3. The van der Waals surface area contributed by atoms with Crippen molar-refractivity contribution in [2.24, 2.45) is 9.98 Å². The van der Waals surface area contributed by atoms with Crippen LogP contribution in [0.4, 0.5) is 14.5 Å². The predicted molar refractivity (Wildman–Crippen MR) is 99.4 cm³/mol. The van der Waals surface area contributed by atoms with Crippen LogP contribution in [0.15, 0.2) is 34.3 Å². The van der Waals surface area contributed by atoms with E-state index in [0.717, 1.165) is 41.1 Å². The van der Waals surface area contributed by atoms with Crippen LogP contribution in [0.5, 0.6) is 0 Å². The van der Waals surface area contributed by atoms with E-state index in [2.05, 4.69) is 9.98 Å². The third kappa shape index (κ3) is 4.31. The fourth-order valence-electron chi connectivity index (χ4n) is 3.34. The van der Waals surface area contributed by atoms with E-state index in [1.54, 1.807) is 11.9 Å². The molecule has 2 heterocycles. The molecule has 0 atom stereocenters. The van der Waals surface area contributed by atoms with Crippen molar-refractivity contribution in [3.05, 3.63) is 35.4 Å². The van der Waals surface area contributed by atoms with Gasteiger partial charge < -0.3 is 5.73 Å². The number of allylic oxidation sites excluding steroid dienone is 1. The predicted octanol–water partition coefficient (Wildman–Crippen LogP) is 3.78. The zero-order valence-electron chi connectivity index (χ0n) is 14.7. The monoisotopic (exact) mass is 346 g/mol. The Morgan fingerprint density at radius 1 is 1.36 bits per heavy atom. The van der Waals surface area contributed by atoms with Crippen molar-refractivity contribution in [2.45, 2.75) is 38.7 Å². The van der Waals surface area contributed by atoms with Crippen LogP contribution in [0, 0.1) is 0 Å². The molecule has 2 aliphatic heterocycles. The van der Waals surface area contributed by atoms with E-state index in [0.29, 0.717) is 18.8 Å². The highest BCUT2D eigenvalue weighted by Crippen LogP contribution is 2.30. The fraction of sp³-hybridized carbons (Fsp3) is 0.474. The minimum absolute atomic E-state index is 0.0669. The maximum Gasteiger partial charge on any atom is 0.261 e. The van der Waals surface area contributed by atoms with Gasteiger partial charge in [-0.2, -0.15) is 0 Å². The van der Waals surface area contributed by atoms with Crippen molar-refractivity contribution in [1.29, 1.82) is 0 Å². The van der Waals surface area contributed by atoms with Gasteiger partial charge in [0.15, 0.2) is 0 Å². The molecule has 1 aromatic rings. The van der Waals surface area contributed by atoms with Gasteiger partial charge in [-0.05, 0) is 24.6 Å². The Labute approximate surface area is 147 Å². The van der Waals surface area contributed by atoms with Gasteiger partial charge in [0.2, 0.25) is 0 Å². The number of nitrogen functional groups attached to an aromatic ring is 1. The van der Waals surface area contributed by atoms with Gasteiger partial charge in [0.1, 0.15) is 0 Å². The molecule has 0 bridgehead atoms. The van der Waals surface area contributed by atoms with Crippen molar-refractivity contribution >= 4 is 22.8 Å². The summed E-state index contributed by atoms with van der Waals surface area (Å²) in [6, 6.07) is 5.72. The van der Waals surface area contributed by atoms with E-state index < -0.39 is 5.92 Å². The average molecular weight is 346 g/mol. The second kappa shape index (κ2) is 7.04. The van der Waals surface area contributed by atoms with E-state index in [4.69, 9.17) is 5.73 Å². The van der Waals surface area contributed by atoms with E-state index >= 15 is 0 Å². The van der Waals surface area contributed by atoms with Crippen LogP contribution >= 0.6 is 0 Å². The van der Waals surface area contributed by atoms with E-state index in [9.17, 15) is 8.78 Å². The van der Waals surface area contributed by atoms with Gasteiger partial charge in [0.25, 0.3) is 5.92 Å². The maximum atomic E-state index is 13.4. The number of hydrogen-bond donors (Lipinski definition) is 1. The quantitative estimate of drug-likeness (QED) is 0.847. The first-order chi connectivity index (χ1) is 11.9. The standard InChI is InChI=1S/C19H24F2N4/c1-13-9-15(23-2)4-6-18(24-13)16-10-14(3-5-17(16)22)11-25-8-7-19(20,21)12-25/h3,5-6,10H,4,7-9,11-12,22H2,1-2H3. The number of rotatable bonds is 3. The van der Waals surface area contributed by atoms with E-state index in [1.165, 1.54) is 0 Å². The second-order valence-electron chi connectivity index (χ2n) is 6.85. The summed E-state index contributed by atoms with van der Waals surface area (Å²) in [7, 11) is 1.79. The second-order valence-corrected chi connectivity index (χ2v) is 6.85. The normalized spacial score (nSPS) is 22.6. The van der Waals surface area contributed by atoms with Crippen molar-refractivity contribution in [3.8, 4) is 0 Å². The third-order valence-corrected chi connectivity index (χ3v) is 4.67. The number of nitrogens with two attached hydrogens (primary N) is 1. The number of halogens is 2.